The number of hydrogen-bond donors (Lipinski definition) is 0. The van der Waals surface area contributed by atoms with E-state index in [1.165, 1.54) is 12.1 Å². The Bertz CT molecular complexity index is 469. The Morgan fingerprint density at radius 2 is 1.94 bits per heavy atom. The number of halogens is 3. The highest BCUT2D eigenvalue weighted by atomic mass is 19.4. The zero-order valence-electron chi connectivity index (χ0n) is 8.30. The van der Waals surface area contributed by atoms with Crippen LogP contribution in [0.15, 0.2) is 18.2 Å². The molecule has 2 rings (SSSR count). The first-order chi connectivity index (χ1) is 7.39. The second-order valence-corrected chi connectivity index (χ2v) is 4.00. The van der Waals surface area contributed by atoms with Gasteiger partial charge in [0.05, 0.1) is 17.0 Å². The van der Waals surface area contributed by atoms with E-state index in [2.05, 4.69) is 0 Å². The Hall–Kier alpha value is -1.44. The molecule has 80 valence electrons. The lowest BCUT2D eigenvalue weighted by Crippen LogP contribution is -2.18. The van der Waals surface area contributed by atoms with E-state index in [1.807, 2.05) is 6.07 Å². The van der Waals surface area contributed by atoms with Gasteiger partial charge in [0, 0.05) is 0 Å². The maximum Gasteiger partial charge on any atom is 0.416 e. The van der Waals surface area contributed by atoms with Crippen molar-refractivity contribution in [1.29, 1.82) is 5.26 Å². The molecule has 16 heavy (non-hydrogen) atoms. The molecule has 1 aromatic carbocycles. The lowest BCUT2D eigenvalue weighted by molar-refractivity contribution is -0.138. The van der Waals surface area contributed by atoms with Crippen LogP contribution in [0, 0.1) is 11.3 Å². The minimum absolute atomic E-state index is 0.0525. The van der Waals surface area contributed by atoms with Crippen molar-refractivity contribution >= 4 is 13.3 Å². The Morgan fingerprint density at radius 1 is 1.31 bits per heavy atom. The molecule has 0 amide bonds. The molecular weight excluding hydrogens is 214 g/mol. The molecule has 0 atom stereocenters. The van der Waals surface area contributed by atoms with Gasteiger partial charge in [0.15, 0.2) is 0 Å². The summed E-state index contributed by atoms with van der Waals surface area (Å²) in [6.07, 6.45) is -3.50. The van der Waals surface area contributed by atoms with Crippen molar-refractivity contribution in [2.24, 2.45) is 0 Å². The molecule has 5 heteroatoms. The van der Waals surface area contributed by atoms with Gasteiger partial charge >= 0.3 is 6.18 Å². The summed E-state index contributed by atoms with van der Waals surface area (Å²) in [5.41, 5.74) is -1.62. The second-order valence-electron chi connectivity index (χ2n) is 4.00. The Labute approximate surface area is 92.3 Å². The van der Waals surface area contributed by atoms with Crippen LogP contribution in [0.25, 0.3) is 0 Å². The van der Waals surface area contributed by atoms with Crippen molar-refractivity contribution < 1.29 is 13.2 Å². The van der Waals surface area contributed by atoms with Crippen molar-refractivity contribution in [2.45, 2.75) is 24.4 Å². The van der Waals surface area contributed by atoms with E-state index in [1.54, 1.807) is 0 Å². The Morgan fingerprint density at radius 3 is 2.38 bits per heavy atom. The normalized spacial score (nSPS) is 17.9. The summed E-state index contributed by atoms with van der Waals surface area (Å²) in [7, 11) is 5.35. The third kappa shape index (κ3) is 1.69. The number of alkyl halides is 3. The van der Waals surface area contributed by atoms with Crippen LogP contribution < -0.4 is 5.46 Å². The number of hydrogen-bond acceptors (Lipinski definition) is 1. The number of nitrogens with zero attached hydrogens (tertiary/aromatic N) is 1. The maximum atomic E-state index is 12.8. The van der Waals surface area contributed by atoms with E-state index in [-0.39, 0.29) is 11.0 Å². The van der Waals surface area contributed by atoms with Crippen molar-refractivity contribution in [2.75, 3.05) is 0 Å². The first kappa shape index (κ1) is 11.1. The van der Waals surface area contributed by atoms with E-state index in [4.69, 9.17) is 13.1 Å². The average Bonchev–Trinajstić information content (AvgIpc) is 2.97. The topological polar surface area (TPSA) is 23.8 Å². The lowest BCUT2D eigenvalue weighted by atomic mass is 9.86. The van der Waals surface area contributed by atoms with E-state index >= 15 is 0 Å². The van der Waals surface area contributed by atoms with Crippen LogP contribution in [0.5, 0.6) is 0 Å². The van der Waals surface area contributed by atoms with E-state index < -0.39 is 17.2 Å². The molecule has 1 aromatic rings. The van der Waals surface area contributed by atoms with Gasteiger partial charge < -0.3 is 0 Å². The van der Waals surface area contributed by atoms with Gasteiger partial charge in [-0.1, -0.05) is 23.7 Å². The van der Waals surface area contributed by atoms with Crippen LogP contribution in [0.4, 0.5) is 13.2 Å². The molecule has 1 nitrogen and oxygen atoms in total. The first-order valence-electron chi connectivity index (χ1n) is 4.77. The summed E-state index contributed by atoms with van der Waals surface area (Å²) >= 11 is 0. The summed E-state index contributed by atoms with van der Waals surface area (Å²) in [4.78, 5) is 0. The van der Waals surface area contributed by atoms with E-state index in [9.17, 15) is 13.2 Å². The van der Waals surface area contributed by atoms with Crippen molar-refractivity contribution in [3.05, 3.63) is 29.3 Å². The van der Waals surface area contributed by atoms with Crippen LogP contribution in [-0.4, -0.2) is 7.85 Å². The van der Waals surface area contributed by atoms with Gasteiger partial charge in [0.2, 0.25) is 0 Å². The third-order valence-corrected chi connectivity index (χ3v) is 2.83. The lowest BCUT2D eigenvalue weighted by Gasteiger charge is -2.16. The summed E-state index contributed by atoms with van der Waals surface area (Å²) in [6, 6.07) is 5.57. The van der Waals surface area contributed by atoms with Crippen LogP contribution in [-0.2, 0) is 11.6 Å². The van der Waals surface area contributed by atoms with Crippen LogP contribution in [0.1, 0.15) is 24.0 Å². The maximum absolute atomic E-state index is 12.8. The Kier molecular flexibility index (Phi) is 2.27. The molecule has 1 fully saturated rings. The highest BCUT2D eigenvalue weighted by molar-refractivity contribution is 6.32. The van der Waals surface area contributed by atoms with Crippen molar-refractivity contribution in [3.63, 3.8) is 0 Å². The highest BCUT2D eigenvalue weighted by Crippen LogP contribution is 2.51. The first-order valence-corrected chi connectivity index (χ1v) is 4.77. The third-order valence-electron chi connectivity index (χ3n) is 2.83. The zero-order chi connectivity index (χ0) is 12.0. The second kappa shape index (κ2) is 3.28. The molecule has 0 saturated heterocycles. The van der Waals surface area contributed by atoms with E-state index in [0.29, 0.717) is 12.8 Å². The van der Waals surface area contributed by atoms with Crippen LogP contribution in [0.2, 0.25) is 0 Å². The standard InChI is InChI=1S/C11H7BF3N/c12-7-1-2-8(10(6-16)3-4-10)9(5-7)11(13,14)15/h1-2,5H,3-4H2. The van der Waals surface area contributed by atoms with Gasteiger partial charge in [-0.15, -0.1) is 0 Å². The fourth-order valence-corrected chi connectivity index (χ4v) is 1.78. The molecule has 1 aliphatic carbocycles. The predicted octanol–water partition coefficient (Wildman–Crippen LogP) is 2.05. The zero-order valence-corrected chi connectivity index (χ0v) is 8.30. The van der Waals surface area contributed by atoms with Gasteiger partial charge in [-0.2, -0.15) is 18.4 Å². The number of nitriles is 1. The van der Waals surface area contributed by atoms with E-state index in [0.717, 1.165) is 6.07 Å². The molecule has 1 saturated carbocycles. The Balaban J connectivity index is 2.59. The molecular formula is C11H7BF3N. The molecule has 0 heterocycles. The highest BCUT2D eigenvalue weighted by Gasteiger charge is 2.49. The molecule has 2 radical (unpaired) electrons. The van der Waals surface area contributed by atoms with Gasteiger partial charge in [-0.25, -0.2) is 0 Å². The van der Waals surface area contributed by atoms with Gasteiger partial charge in [-0.05, 0) is 18.4 Å². The molecule has 0 unspecified atom stereocenters. The molecule has 0 N–H and O–H groups in total. The fourth-order valence-electron chi connectivity index (χ4n) is 1.78. The average molecular weight is 221 g/mol. The summed E-state index contributed by atoms with van der Waals surface area (Å²) in [6.45, 7) is 0. The summed E-state index contributed by atoms with van der Waals surface area (Å²) in [5.74, 6) is 0. The molecule has 0 bridgehead atoms. The minimum atomic E-state index is -4.46. The van der Waals surface area contributed by atoms with Crippen molar-refractivity contribution in [1.82, 2.24) is 0 Å². The molecule has 0 aromatic heterocycles. The monoisotopic (exact) mass is 221 g/mol. The largest absolute Gasteiger partial charge is 0.416 e. The summed E-state index contributed by atoms with van der Waals surface area (Å²) in [5, 5.41) is 8.92. The van der Waals surface area contributed by atoms with Crippen LogP contribution >= 0.6 is 0 Å². The number of rotatable bonds is 1. The van der Waals surface area contributed by atoms with Crippen molar-refractivity contribution in [3.8, 4) is 6.07 Å². The van der Waals surface area contributed by atoms with Gasteiger partial charge in [0.25, 0.3) is 0 Å². The number of benzene rings is 1. The quantitative estimate of drug-likeness (QED) is 0.665. The molecule has 0 spiro atoms. The molecule has 1 aliphatic rings. The molecule has 0 aliphatic heterocycles. The van der Waals surface area contributed by atoms with Gasteiger partial charge in [0.1, 0.15) is 7.85 Å². The summed E-state index contributed by atoms with van der Waals surface area (Å²) < 4.78 is 38.3. The van der Waals surface area contributed by atoms with Gasteiger partial charge in [-0.3, -0.25) is 0 Å². The predicted molar refractivity (Wildman–Crippen MR) is 53.4 cm³/mol. The minimum Gasteiger partial charge on any atom is -0.197 e. The smallest absolute Gasteiger partial charge is 0.197 e. The van der Waals surface area contributed by atoms with Crippen LogP contribution in [0.3, 0.4) is 0 Å². The SMILES string of the molecule is [B]c1ccc(C2(C#N)CC2)c(C(F)(F)F)c1. The fraction of sp³-hybridized carbons (Fsp3) is 0.364.